The molecule has 0 saturated carbocycles. The van der Waals surface area contributed by atoms with E-state index in [4.69, 9.17) is 0 Å². The molecule has 0 bridgehead atoms. The van der Waals surface area contributed by atoms with Crippen LogP contribution in [0.4, 0.5) is 10.8 Å². The summed E-state index contributed by atoms with van der Waals surface area (Å²) in [4.78, 5) is 4.02. The predicted octanol–water partition coefficient (Wildman–Crippen LogP) is 3.27. The maximum Gasteiger partial charge on any atom is 0.210 e. The lowest BCUT2D eigenvalue weighted by atomic mass is 10.3. The second-order valence-corrected chi connectivity index (χ2v) is 6.33. The number of hydrogen-bond acceptors (Lipinski definition) is 6. The Kier molecular flexibility index (Phi) is 4.29. The first-order valence-electron chi connectivity index (χ1n) is 6.14. The van der Waals surface area contributed by atoms with E-state index in [0.717, 1.165) is 27.5 Å². The van der Waals surface area contributed by atoms with Crippen molar-refractivity contribution >= 4 is 33.9 Å². The zero-order valence-electron chi connectivity index (χ0n) is 10.6. The zero-order chi connectivity index (χ0) is 13.6. The number of para-hydroxylation sites is 1. The first-order valence-corrected chi connectivity index (χ1v) is 7.94. The first kappa shape index (κ1) is 13.1. The van der Waals surface area contributed by atoms with Crippen molar-refractivity contribution in [2.75, 3.05) is 11.1 Å². The van der Waals surface area contributed by atoms with E-state index in [1.54, 1.807) is 29.3 Å². The molecule has 0 fully saturated rings. The highest BCUT2D eigenvalue weighted by Gasteiger charge is 2.04. The predicted molar refractivity (Wildman–Crippen MR) is 82.6 cm³/mol. The number of aryl methyl sites for hydroxylation is 1. The highest BCUT2D eigenvalue weighted by atomic mass is 32.2. The number of benzene rings is 1. The van der Waals surface area contributed by atoms with E-state index < -0.39 is 0 Å². The molecule has 3 rings (SSSR count). The molecular weight excluding hydrogens is 290 g/mol. The smallest absolute Gasteiger partial charge is 0.210 e. The summed E-state index contributed by atoms with van der Waals surface area (Å²) in [7, 11) is 0. The highest BCUT2D eigenvalue weighted by Crippen LogP contribution is 2.27. The highest BCUT2D eigenvalue weighted by molar-refractivity contribution is 8.01. The van der Waals surface area contributed by atoms with Crippen molar-refractivity contribution in [1.82, 2.24) is 19.7 Å². The van der Waals surface area contributed by atoms with Gasteiger partial charge in [0.2, 0.25) is 5.13 Å². The molecule has 7 heteroatoms. The number of thioether (sulfide) groups is 1. The van der Waals surface area contributed by atoms with Gasteiger partial charge in [0.05, 0.1) is 6.33 Å². The Morgan fingerprint density at radius 2 is 2.10 bits per heavy atom. The standard InChI is InChI=1S/C13H13N5S2/c1-2-4-11(5-3-1)15-12-16-17-13(20-12)19-9-8-18-7-6-14-10-18/h1-7,10H,8-9H2,(H,15,16). The summed E-state index contributed by atoms with van der Waals surface area (Å²) in [5, 5.41) is 12.4. The fourth-order valence-corrected chi connectivity index (χ4v) is 3.42. The van der Waals surface area contributed by atoms with Crippen LogP contribution in [0.3, 0.4) is 0 Å². The molecule has 0 atom stereocenters. The van der Waals surface area contributed by atoms with Gasteiger partial charge in [-0.25, -0.2) is 4.98 Å². The number of rotatable bonds is 6. The van der Waals surface area contributed by atoms with Crippen molar-refractivity contribution in [2.24, 2.45) is 0 Å². The van der Waals surface area contributed by atoms with Gasteiger partial charge in [0.15, 0.2) is 4.34 Å². The summed E-state index contributed by atoms with van der Waals surface area (Å²) in [6.45, 7) is 0.922. The largest absolute Gasteiger partial charge is 0.337 e. The van der Waals surface area contributed by atoms with Crippen LogP contribution >= 0.6 is 23.1 Å². The Balaban J connectivity index is 1.52. The molecule has 5 nitrogen and oxygen atoms in total. The molecule has 0 amide bonds. The van der Waals surface area contributed by atoms with E-state index in [1.807, 2.05) is 42.9 Å². The van der Waals surface area contributed by atoms with Crippen molar-refractivity contribution in [3.05, 3.63) is 49.1 Å². The summed E-state index contributed by atoms with van der Waals surface area (Å²) in [5.41, 5.74) is 1.03. The van der Waals surface area contributed by atoms with Gasteiger partial charge >= 0.3 is 0 Å². The zero-order valence-corrected chi connectivity index (χ0v) is 12.3. The second kappa shape index (κ2) is 6.53. The van der Waals surface area contributed by atoms with E-state index in [9.17, 15) is 0 Å². The van der Waals surface area contributed by atoms with Gasteiger partial charge < -0.3 is 9.88 Å². The van der Waals surface area contributed by atoms with Crippen molar-refractivity contribution in [3.8, 4) is 0 Å². The van der Waals surface area contributed by atoms with E-state index >= 15 is 0 Å². The molecule has 2 heterocycles. The molecule has 3 aromatic rings. The van der Waals surface area contributed by atoms with Crippen LogP contribution in [0.1, 0.15) is 0 Å². The normalized spacial score (nSPS) is 10.6. The number of nitrogens with zero attached hydrogens (tertiary/aromatic N) is 4. The minimum atomic E-state index is 0.821. The van der Waals surface area contributed by atoms with Crippen LogP contribution < -0.4 is 5.32 Å². The maximum atomic E-state index is 4.18. The molecule has 2 aromatic heterocycles. The van der Waals surface area contributed by atoms with Gasteiger partial charge in [-0.15, -0.1) is 10.2 Å². The summed E-state index contributed by atoms with van der Waals surface area (Å²) in [6.07, 6.45) is 5.57. The average molecular weight is 303 g/mol. The topological polar surface area (TPSA) is 55.6 Å². The van der Waals surface area contributed by atoms with Gasteiger partial charge in [0.1, 0.15) is 0 Å². The van der Waals surface area contributed by atoms with Crippen LogP contribution in [-0.4, -0.2) is 25.5 Å². The minimum Gasteiger partial charge on any atom is -0.337 e. The number of aromatic nitrogens is 4. The first-order chi connectivity index (χ1) is 9.90. The SMILES string of the molecule is c1ccc(Nc2nnc(SCCn3ccnc3)s2)cc1. The monoisotopic (exact) mass is 303 g/mol. The Morgan fingerprint density at radius 3 is 2.90 bits per heavy atom. The molecule has 0 spiro atoms. The fraction of sp³-hybridized carbons (Fsp3) is 0.154. The van der Waals surface area contributed by atoms with E-state index in [-0.39, 0.29) is 0 Å². The lowest BCUT2D eigenvalue weighted by molar-refractivity contribution is 0.770. The Hall–Kier alpha value is -1.86. The van der Waals surface area contributed by atoms with Gasteiger partial charge in [0, 0.05) is 30.4 Å². The molecule has 0 saturated heterocycles. The molecule has 1 N–H and O–H groups in total. The Bertz CT molecular complexity index is 636. The van der Waals surface area contributed by atoms with Crippen LogP contribution in [0.5, 0.6) is 0 Å². The summed E-state index contributed by atoms with van der Waals surface area (Å²) in [5.74, 6) is 0.955. The third-order valence-corrected chi connectivity index (χ3v) is 4.52. The Morgan fingerprint density at radius 1 is 1.20 bits per heavy atom. The van der Waals surface area contributed by atoms with Crippen LogP contribution in [-0.2, 0) is 6.54 Å². The molecule has 0 aliphatic rings. The lowest BCUT2D eigenvalue weighted by Gasteiger charge is -2.00. The van der Waals surface area contributed by atoms with Crippen molar-refractivity contribution < 1.29 is 0 Å². The molecular formula is C13H13N5S2. The molecule has 0 radical (unpaired) electrons. The summed E-state index contributed by atoms with van der Waals surface area (Å²) < 4.78 is 3.03. The summed E-state index contributed by atoms with van der Waals surface area (Å²) in [6, 6.07) is 9.98. The number of anilines is 2. The van der Waals surface area contributed by atoms with Gasteiger partial charge in [-0.2, -0.15) is 0 Å². The summed E-state index contributed by atoms with van der Waals surface area (Å²) >= 11 is 3.28. The quantitative estimate of drug-likeness (QED) is 0.708. The second-order valence-electron chi connectivity index (χ2n) is 4.01. The van der Waals surface area contributed by atoms with Gasteiger partial charge in [-0.3, -0.25) is 0 Å². The number of imidazole rings is 1. The van der Waals surface area contributed by atoms with Crippen LogP contribution in [0.2, 0.25) is 0 Å². The molecule has 1 aromatic carbocycles. The average Bonchev–Trinajstić information content (AvgIpc) is 3.12. The number of hydrogen-bond donors (Lipinski definition) is 1. The van der Waals surface area contributed by atoms with E-state index in [2.05, 4.69) is 25.1 Å². The van der Waals surface area contributed by atoms with Crippen LogP contribution in [0, 0.1) is 0 Å². The number of nitrogens with one attached hydrogen (secondary N) is 1. The van der Waals surface area contributed by atoms with Crippen molar-refractivity contribution in [1.29, 1.82) is 0 Å². The van der Waals surface area contributed by atoms with Gasteiger partial charge in [-0.1, -0.05) is 41.3 Å². The third-order valence-electron chi connectivity index (χ3n) is 2.57. The van der Waals surface area contributed by atoms with Gasteiger partial charge in [-0.05, 0) is 12.1 Å². The van der Waals surface area contributed by atoms with E-state index in [0.29, 0.717) is 0 Å². The third kappa shape index (κ3) is 3.58. The molecule has 0 aliphatic carbocycles. The van der Waals surface area contributed by atoms with Crippen molar-refractivity contribution in [3.63, 3.8) is 0 Å². The molecule has 102 valence electrons. The Labute approximate surface area is 125 Å². The molecule has 0 aliphatic heterocycles. The lowest BCUT2D eigenvalue weighted by Crippen LogP contribution is -1.96. The van der Waals surface area contributed by atoms with Crippen molar-refractivity contribution in [2.45, 2.75) is 10.9 Å². The van der Waals surface area contributed by atoms with Gasteiger partial charge in [0.25, 0.3) is 0 Å². The van der Waals surface area contributed by atoms with Crippen LogP contribution in [0.25, 0.3) is 0 Å². The molecule has 0 unspecified atom stereocenters. The minimum absolute atomic E-state index is 0.821. The van der Waals surface area contributed by atoms with Crippen LogP contribution in [0.15, 0.2) is 53.4 Å². The maximum absolute atomic E-state index is 4.18. The fourth-order valence-electron chi connectivity index (χ4n) is 1.62. The molecule has 20 heavy (non-hydrogen) atoms. The van der Waals surface area contributed by atoms with E-state index in [1.165, 1.54) is 0 Å².